The Morgan fingerprint density at radius 3 is 2.23 bits per heavy atom. The average Bonchev–Trinajstić information content (AvgIpc) is 3.14. The summed E-state index contributed by atoms with van der Waals surface area (Å²) in [7, 11) is 0. The minimum atomic E-state index is -0.489. The molecule has 1 aliphatic rings. The van der Waals surface area contributed by atoms with Crippen molar-refractivity contribution in [3.8, 4) is 0 Å². The molecular formula is C23H25N3O5. The van der Waals surface area contributed by atoms with Gasteiger partial charge in [0.25, 0.3) is 0 Å². The summed E-state index contributed by atoms with van der Waals surface area (Å²) in [4.78, 5) is 49.6. The second-order valence-corrected chi connectivity index (χ2v) is 7.34. The average molecular weight is 423 g/mol. The Kier molecular flexibility index (Phi) is 7.02. The third-order valence-electron chi connectivity index (χ3n) is 4.82. The Bertz CT molecular complexity index is 970. The molecule has 0 bridgehead atoms. The third kappa shape index (κ3) is 5.69. The predicted octanol–water partition coefficient (Wildman–Crippen LogP) is 3.20. The van der Waals surface area contributed by atoms with Crippen LogP contribution in [0.1, 0.15) is 37.0 Å². The second kappa shape index (κ2) is 9.88. The van der Waals surface area contributed by atoms with Crippen LogP contribution in [0.15, 0.2) is 48.5 Å². The molecule has 2 aromatic carbocycles. The third-order valence-corrected chi connectivity index (χ3v) is 4.82. The second-order valence-electron chi connectivity index (χ2n) is 7.34. The number of nitrogens with one attached hydrogen (secondary N) is 2. The molecule has 1 unspecified atom stereocenters. The maximum atomic E-state index is 12.6. The molecule has 1 saturated heterocycles. The summed E-state index contributed by atoms with van der Waals surface area (Å²) in [6.45, 7) is 3.97. The first-order chi connectivity index (χ1) is 14.9. The molecule has 0 radical (unpaired) electrons. The zero-order valence-corrected chi connectivity index (χ0v) is 17.5. The van der Waals surface area contributed by atoms with E-state index in [-0.39, 0.29) is 30.7 Å². The van der Waals surface area contributed by atoms with Crippen molar-refractivity contribution < 1.29 is 23.9 Å². The van der Waals surface area contributed by atoms with Gasteiger partial charge in [-0.1, -0.05) is 6.92 Å². The molecule has 0 aliphatic carbocycles. The molecule has 162 valence electrons. The topological polar surface area (TPSA) is 105 Å². The van der Waals surface area contributed by atoms with Gasteiger partial charge in [-0.3, -0.25) is 14.4 Å². The van der Waals surface area contributed by atoms with Gasteiger partial charge in [0, 0.05) is 37.0 Å². The Morgan fingerprint density at radius 2 is 1.61 bits per heavy atom. The number of esters is 1. The van der Waals surface area contributed by atoms with Gasteiger partial charge in [0.1, 0.15) is 0 Å². The molecule has 2 N–H and O–H groups in total. The zero-order chi connectivity index (χ0) is 22.4. The summed E-state index contributed by atoms with van der Waals surface area (Å²) in [5, 5.41) is 5.47. The Labute approximate surface area is 180 Å². The lowest BCUT2D eigenvalue weighted by atomic mass is 10.1. The molecule has 3 amide bonds. The fourth-order valence-corrected chi connectivity index (χ4v) is 3.27. The molecule has 2 aromatic rings. The molecule has 3 rings (SSSR count). The van der Waals surface area contributed by atoms with Gasteiger partial charge in [-0.05, 0) is 55.0 Å². The minimum Gasteiger partial charge on any atom is -0.462 e. The lowest BCUT2D eigenvalue weighted by molar-refractivity contribution is -0.122. The molecule has 1 heterocycles. The van der Waals surface area contributed by atoms with E-state index in [1.165, 1.54) is 6.92 Å². The first-order valence-corrected chi connectivity index (χ1v) is 10.1. The monoisotopic (exact) mass is 423 g/mol. The van der Waals surface area contributed by atoms with E-state index < -0.39 is 11.9 Å². The van der Waals surface area contributed by atoms with Crippen LogP contribution in [0.5, 0.6) is 0 Å². The summed E-state index contributed by atoms with van der Waals surface area (Å²) < 4.78 is 5.08. The van der Waals surface area contributed by atoms with Crippen LogP contribution in [0.25, 0.3) is 0 Å². The quantitative estimate of drug-likeness (QED) is 0.666. The van der Waals surface area contributed by atoms with Crippen molar-refractivity contribution in [2.75, 3.05) is 28.7 Å². The maximum absolute atomic E-state index is 12.6. The van der Waals surface area contributed by atoms with Gasteiger partial charge in [-0.2, -0.15) is 0 Å². The van der Waals surface area contributed by atoms with Crippen LogP contribution in [0.4, 0.5) is 17.1 Å². The van der Waals surface area contributed by atoms with Crippen LogP contribution < -0.4 is 15.5 Å². The predicted molar refractivity (Wildman–Crippen MR) is 117 cm³/mol. The minimum absolute atomic E-state index is 0.112. The SMILES string of the molecule is CCCOC(=O)c1ccc(NC(=O)C2CC(=O)N(c3ccc(NC(C)=O)cc3)C2)cc1. The first kappa shape index (κ1) is 22.0. The molecule has 1 fully saturated rings. The van der Waals surface area contributed by atoms with E-state index in [1.807, 2.05) is 6.92 Å². The van der Waals surface area contributed by atoms with Crippen molar-refractivity contribution in [3.05, 3.63) is 54.1 Å². The fraction of sp³-hybridized carbons (Fsp3) is 0.304. The van der Waals surface area contributed by atoms with Gasteiger partial charge in [0.05, 0.1) is 18.1 Å². The smallest absolute Gasteiger partial charge is 0.338 e. The summed E-state index contributed by atoms with van der Waals surface area (Å²) in [5.41, 5.74) is 2.27. The van der Waals surface area contributed by atoms with Crippen LogP contribution in [-0.4, -0.2) is 36.8 Å². The Morgan fingerprint density at radius 1 is 1.00 bits per heavy atom. The van der Waals surface area contributed by atoms with E-state index in [0.29, 0.717) is 29.2 Å². The highest BCUT2D eigenvalue weighted by Crippen LogP contribution is 2.27. The number of nitrogens with zero attached hydrogens (tertiary/aromatic N) is 1. The van der Waals surface area contributed by atoms with Crippen molar-refractivity contribution in [1.29, 1.82) is 0 Å². The van der Waals surface area contributed by atoms with Gasteiger partial charge in [-0.15, -0.1) is 0 Å². The van der Waals surface area contributed by atoms with E-state index in [4.69, 9.17) is 4.74 Å². The van der Waals surface area contributed by atoms with Gasteiger partial charge < -0.3 is 20.3 Å². The molecule has 31 heavy (non-hydrogen) atoms. The Hall–Kier alpha value is -3.68. The van der Waals surface area contributed by atoms with E-state index in [2.05, 4.69) is 10.6 Å². The number of anilines is 3. The number of carbonyl (C=O) groups excluding carboxylic acids is 4. The lowest BCUT2D eigenvalue weighted by Crippen LogP contribution is -2.28. The molecule has 1 aliphatic heterocycles. The van der Waals surface area contributed by atoms with Gasteiger partial charge in [0.2, 0.25) is 17.7 Å². The number of amides is 3. The van der Waals surface area contributed by atoms with E-state index in [1.54, 1.807) is 53.4 Å². The van der Waals surface area contributed by atoms with Gasteiger partial charge >= 0.3 is 5.97 Å². The van der Waals surface area contributed by atoms with Gasteiger partial charge in [0.15, 0.2) is 0 Å². The van der Waals surface area contributed by atoms with Crippen LogP contribution >= 0.6 is 0 Å². The summed E-state index contributed by atoms with van der Waals surface area (Å²) in [6.07, 6.45) is 0.858. The number of carbonyl (C=O) groups is 4. The normalized spacial score (nSPS) is 15.5. The first-order valence-electron chi connectivity index (χ1n) is 10.1. The highest BCUT2D eigenvalue weighted by molar-refractivity contribution is 6.03. The molecule has 0 aromatic heterocycles. The van der Waals surface area contributed by atoms with Crippen LogP contribution in [0.2, 0.25) is 0 Å². The Balaban J connectivity index is 1.59. The molecule has 0 spiro atoms. The van der Waals surface area contributed by atoms with Crippen molar-refractivity contribution in [2.24, 2.45) is 5.92 Å². The summed E-state index contributed by atoms with van der Waals surface area (Å²) in [6, 6.07) is 13.4. The van der Waals surface area contributed by atoms with Crippen LogP contribution in [-0.2, 0) is 19.1 Å². The maximum Gasteiger partial charge on any atom is 0.338 e. The number of hydrogen-bond acceptors (Lipinski definition) is 5. The van der Waals surface area contributed by atoms with E-state index >= 15 is 0 Å². The number of ether oxygens (including phenoxy) is 1. The van der Waals surface area contributed by atoms with Crippen molar-refractivity contribution in [3.63, 3.8) is 0 Å². The number of rotatable bonds is 7. The fourth-order valence-electron chi connectivity index (χ4n) is 3.27. The van der Waals surface area contributed by atoms with Crippen LogP contribution in [0.3, 0.4) is 0 Å². The largest absolute Gasteiger partial charge is 0.462 e. The molecule has 0 saturated carbocycles. The highest BCUT2D eigenvalue weighted by Gasteiger charge is 2.35. The standard InChI is InChI=1S/C23H25N3O5/c1-3-12-31-23(30)16-4-6-19(7-5-16)25-22(29)17-13-21(28)26(14-17)20-10-8-18(9-11-20)24-15(2)27/h4-11,17H,3,12-14H2,1-2H3,(H,24,27)(H,25,29). The van der Waals surface area contributed by atoms with Crippen molar-refractivity contribution in [2.45, 2.75) is 26.7 Å². The lowest BCUT2D eigenvalue weighted by Gasteiger charge is -2.17. The molecule has 8 heteroatoms. The van der Waals surface area contributed by atoms with E-state index in [0.717, 1.165) is 6.42 Å². The molecular weight excluding hydrogens is 398 g/mol. The highest BCUT2D eigenvalue weighted by atomic mass is 16.5. The molecule has 1 atom stereocenters. The number of benzene rings is 2. The van der Waals surface area contributed by atoms with Crippen LogP contribution in [0, 0.1) is 5.92 Å². The summed E-state index contributed by atoms with van der Waals surface area (Å²) >= 11 is 0. The van der Waals surface area contributed by atoms with Crippen molar-refractivity contribution >= 4 is 40.8 Å². The summed E-state index contributed by atoms with van der Waals surface area (Å²) in [5.74, 6) is -1.46. The van der Waals surface area contributed by atoms with Crippen molar-refractivity contribution in [1.82, 2.24) is 0 Å². The van der Waals surface area contributed by atoms with E-state index in [9.17, 15) is 19.2 Å². The number of hydrogen-bond donors (Lipinski definition) is 2. The zero-order valence-electron chi connectivity index (χ0n) is 17.5. The van der Waals surface area contributed by atoms with Gasteiger partial charge in [-0.25, -0.2) is 4.79 Å². The molecule has 8 nitrogen and oxygen atoms in total.